The molecule has 1 rings (SSSR count). The van der Waals surface area contributed by atoms with Crippen LogP contribution in [0.5, 0.6) is 0 Å². The molecule has 0 heterocycles. The van der Waals surface area contributed by atoms with Crippen LogP contribution in [0.15, 0.2) is 22.7 Å². The van der Waals surface area contributed by atoms with Crippen LogP contribution >= 0.6 is 15.9 Å². The second-order valence-corrected chi connectivity index (χ2v) is 6.73. The van der Waals surface area contributed by atoms with E-state index in [1.165, 1.54) is 12.1 Å². The van der Waals surface area contributed by atoms with Crippen LogP contribution in [0.2, 0.25) is 0 Å². The monoisotopic (exact) mass is 315 g/mol. The first kappa shape index (κ1) is 15.6. The molecule has 1 atom stereocenters. The van der Waals surface area contributed by atoms with Gasteiger partial charge in [0.25, 0.3) is 0 Å². The molecule has 0 fully saturated rings. The molecule has 3 heteroatoms. The average molecular weight is 316 g/mol. The van der Waals surface area contributed by atoms with E-state index in [1.54, 1.807) is 0 Å². The van der Waals surface area contributed by atoms with Crippen molar-refractivity contribution >= 4 is 15.9 Å². The lowest BCUT2D eigenvalue weighted by Gasteiger charge is -2.25. The largest absolute Gasteiger partial charge is 0.310 e. The lowest BCUT2D eigenvalue weighted by Crippen LogP contribution is -2.23. The Balaban J connectivity index is 2.83. The Morgan fingerprint density at radius 3 is 2.50 bits per heavy atom. The van der Waals surface area contributed by atoms with Crippen molar-refractivity contribution in [2.24, 2.45) is 5.41 Å². The Hall–Kier alpha value is -0.410. The zero-order valence-corrected chi connectivity index (χ0v) is 13.3. The second-order valence-electron chi connectivity index (χ2n) is 5.88. The minimum Gasteiger partial charge on any atom is -0.310 e. The fourth-order valence-corrected chi connectivity index (χ4v) is 2.60. The average Bonchev–Trinajstić information content (AvgIpc) is 2.24. The molecule has 0 saturated carbocycles. The van der Waals surface area contributed by atoms with E-state index < -0.39 is 0 Å². The topological polar surface area (TPSA) is 12.0 Å². The molecule has 1 nitrogen and oxygen atoms in total. The van der Waals surface area contributed by atoms with E-state index in [0.717, 1.165) is 29.4 Å². The van der Waals surface area contributed by atoms with E-state index >= 15 is 0 Å². The standard InChI is InChI=1S/C15H23BrFN/c1-5-18-14(8-9-15(2,3)4)12-7-6-11(17)10-13(12)16/h6-7,10,14,18H,5,8-9H2,1-4H3. The van der Waals surface area contributed by atoms with Gasteiger partial charge in [-0.15, -0.1) is 0 Å². The molecule has 1 unspecified atom stereocenters. The number of hydrogen-bond donors (Lipinski definition) is 1. The highest BCUT2D eigenvalue weighted by Gasteiger charge is 2.18. The predicted molar refractivity (Wildman–Crippen MR) is 79.2 cm³/mol. The third-order valence-electron chi connectivity index (χ3n) is 2.97. The van der Waals surface area contributed by atoms with E-state index in [1.807, 2.05) is 6.07 Å². The van der Waals surface area contributed by atoms with Gasteiger partial charge in [0.2, 0.25) is 0 Å². The van der Waals surface area contributed by atoms with Gasteiger partial charge < -0.3 is 5.32 Å². The van der Waals surface area contributed by atoms with Crippen molar-refractivity contribution in [3.05, 3.63) is 34.1 Å². The quantitative estimate of drug-likeness (QED) is 0.800. The summed E-state index contributed by atoms with van der Waals surface area (Å²) in [4.78, 5) is 0. The van der Waals surface area contributed by atoms with Crippen LogP contribution in [0.1, 0.15) is 52.1 Å². The molecule has 0 radical (unpaired) electrons. The molecule has 0 spiro atoms. The molecule has 0 amide bonds. The Kier molecular flexibility index (Phi) is 5.80. The van der Waals surface area contributed by atoms with Crippen molar-refractivity contribution in [2.45, 2.75) is 46.6 Å². The molecule has 0 aliphatic rings. The SMILES string of the molecule is CCNC(CCC(C)(C)C)c1ccc(F)cc1Br. The van der Waals surface area contributed by atoms with Gasteiger partial charge in [-0.25, -0.2) is 4.39 Å². The number of nitrogens with one attached hydrogen (secondary N) is 1. The second kappa shape index (κ2) is 6.67. The van der Waals surface area contributed by atoms with Crippen LogP contribution in [-0.2, 0) is 0 Å². The van der Waals surface area contributed by atoms with Gasteiger partial charge in [0, 0.05) is 10.5 Å². The summed E-state index contributed by atoms with van der Waals surface area (Å²) in [5, 5.41) is 3.48. The van der Waals surface area contributed by atoms with Crippen molar-refractivity contribution in [2.75, 3.05) is 6.54 Å². The fourth-order valence-electron chi connectivity index (χ4n) is 1.98. The van der Waals surface area contributed by atoms with Crippen molar-refractivity contribution in [1.82, 2.24) is 5.32 Å². The van der Waals surface area contributed by atoms with Crippen LogP contribution < -0.4 is 5.32 Å². The fraction of sp³-hybridized carbons (Fsp3) is 0.600. The van der Waals surface area contributed by atoms with Crippen LogP contribution in [0, 0.1) is 11.2 Å². The third kappa shape index (κ3) is 5.07. The summed E-state index contributed by atoms with van der Waals surface area (Å²) < 4.78 is 14.0. The van der Waals surface area contributed by atoms with Crippen molar-refractivity contribution in [3.8, 4) is 0 Å². The Labute approximate surface area is 118 Å². The molecular formula is C15H23BrFN. The summed E-state index contributed by atoms with van der Waals surface area (Å²) in [5.74, 6) is -0.198. The summed E-state index contributed by atoms with van der Waals surface area (Å²) in [6.07, 6.45) is 2.19. The molecule has 0 aliphatic carbocycles. The first-order valence-electron chi connectivity index (χ1n) is 6.52. The van der Waals surface area contributed by atoms with E-state index in [0.29, 0.717) is 5.41 Å². The lowest BCUT2D eigenvalue weighted by atomic mass is 9.87. The number of hydrogen-bond acceptors (Lipinski definition) is 1. The minimum absolute atomic E-state index is 0.198. The molecule has 1 N–H and O–H groups in total. The summed E-state index contributed by atoms with van der Waals surface area (Å²) in [6, 6.07) is 5.22. The van der Waals surface area contributed by atoms with Crippen LogP contribution in [0.25, 0.3) is 0 Å². The molecular weight excluding hydrogens is 293 g/mol. The molecule has 102 valence electrons. The van der Waals surface area contributed by atoms with E-state index in [2.05, 4.69) is 48.9 Å². The maximum atomic E-state index is 13.1. The highest BCUT2D eigenvalue weighted by atomic mass is 79.9. The molecule has 0 bridgehead atoms. The Bertz CT molecular complexity index is 385. The maximum Gasteiger partial charge on any atom is 0.124 e. The summed E-state index contributed by atoms with van der Waals surface area (Å²) >= 11 is 3.46. The molecule has 0 saturated heterocycles. The third-order valence-corrected chi connectivity index (χ3v) is 3.66. The molecule has 1 aromatic rings. The highest BCUT2D eigenvalue weighted by molar-refractivity contribution is 9.10. The zero-order valence-electron chi connectivity index (χ0n) is 11.7. The van der Waals surface area contributed by atoms with Crippen molar-refractivity contribution in [3.63, 3.8) is 0 Å². The van der Waals surface area contributed by atoms with Gasteiger partial charge in [-0.2, -0.15) is 0 Å². The zero-order chi connectivity index (χ0) is 13.8. The summed E-state index contributed by atoms with van der Waals surface area (Å²) in [5.41, 5.74) is 1.46. The van der Waals surface area contributed by atoms with Gasteiger partial charge in [0.05, 0.1) is 0 Å². The molecule has 0 aromatic heterocycles. The lowest BCUT2D eigenvalue weighted by molar-refractivity contribution is 0.333. The summed E-state index contributed by atoms with van der Waals surface area (Å²) in [6.45, 7) is 9.75. The van der Waals surface area contributed by atoms with Gasteiger partial charge in [0.1, 0.15) is 5.82 Å². The molecule has 18 heavy (non-hydrogen) atoms. The first-order chi connectivity index (χ1) is 8.33. The number of halogens is 2. The number of benzene rings is 1. The first-order valence-corrected chi connectivity index (χ1v) is 7.31. The van der Waals surface area contributed by atoms with Gasteiger partial charge in [-0.05, 0) is 42.5 Å². The molecule has 0 aliphatic heterocycles. The van der Waals surface area contributed by atoms with E-state index in [-0.39, 0.29) is 11.9 Å². The Morgan fingerprint density at radius 1 is 1.33 bits per heavy atom. The smallest absolute Gasteiger partial charge is 0.124 e. The number of rotatable bonds is 5. The predicted octanol–water partition coefficient (Wildman–Crippen LogP) is 5.07. The van der Waals surface area contributed by atoms with Gasteiger partial charge in [-0.3, -0.25) is 0 Å². The highest BCUT2D eigenvalue weighted by Crippen LogP contribution is 2.31. The van der Waals surface area contributed by atoms with Gasteiger partial charge in [-0.1, -0.05) is 49.7 Å². The van der Waals surface area contributed by atoms with Crippen LogP contribution in [0.3, 0.4) is 0 Å². The minimum atomic E-state index is -0.198. The van der Waals surface area contributed by atoms with Gasteiger partial charge >= 0.3 is 0 Å². The van der Waals surface area contributed by atoms with E-state index in [4.69, 9.17) is 0 Å². The van der Waals surface area contributed by atoms with E-state index in [9.17, 15) is 4.39 Å². The summed E-state index contributed by atoms with van der Waals surface area (Å²) in [7, 11) is 0. The van der Waals surface area contributed by atoms with Crippen molar-refractivity contribution < 1.29 is 4.39 Å². The molecule has 1 aromatic carbocycles. The maximum absolute atomic E-state index is 13.1. The van der Waals surface area contributed by atoms with Gasteiger partial charge in [0.15, 0.2) is 0 Å². The Morgan fingerprint density at radius 2 is 2.00 bits per heavy atom. The normalized spacial score (nSPS) is 13.7. The van der Waals surface area contributed by atoms with Crippen molar-refractivity contribution in [1.29, 1.82) is 0 Å². The van der Waals surface area contributed by atoms with Crippen LogP contribution in [-0.4, -0.2) is 6.54 Å². The van der Waals surface area contributed by atoms with Crippen LogP contribution in [0.4, 0.5) is 4.39 Å².